The van der Waals surface area contributed by atoms with Crippen molar-refractivity contribution in [3.8, 4) is 11.5 Å². The Kier molecular flexibility index (Phi) is 5.59. The predicted octanol–water partition coefficient (Wildman–Crippen LogP) is 4.03. The zero-order chi connectivity index (χ0) is 18.0. The van der Waals surface area contributed by atoms with Crippen LogP contribution in [0.25, 0.3) is 0 Å². The van der Waals surface area contributed by atoms with E-state index in [1.165, 1.54) is 0 Å². The summed E-state index contributed by atoms with van der Waals surface area (Å²) in [6.07, 6.45) is 3.49. The molecule has 0 spiro atoms. The van der Waals surface area contributed by atoms with E-state index in [0.717, 1.165) is 48.4 Å². The summed E-state index contributed by atoms with van der Waals surface area (Å²) in [6, 6.07) is 9.14. The van der Waals surface area contributed by atoms with Gasteiger partial charge in [0.25, 0.3) is 0 Å². The van der Waals surface area contributed by atoms with E-state index in [2.05, 4.69) is 34.7 Å². The molecule has 1 aliphatic carbocycles. The third-order valence-corrected chi connectivity index (χ3v) is 6.37. The molecule has 1 aromatic carbocycles. The zero-order valence-corrected chi connectivity index (χ0v) is 16.4. The third-order valence-electron chi connectivity index (χ3n) is 6.37. The Labute approximate surface area is 152 Å². The smallest absolute Gasteiger partial charge is 0.161 e. The number of likely N-dealkylation sites (N-methyl/N-ethyl adjacent to an activating group) is 1. The van der Waals surface area contributed by atoms with Crippen LogP contribution in [0.2, 0.25) is 0 Å². The largest absolute Gasteiger partial charge is 0.483 e. The molecule has 140 valence electrons. The van der Waals surface area contributed by atoms with Crippen molar-refractivity contribution in [2.45, 2.75) is 77.4 Å². The fourth-order valence-corrected chi connectivity index (χ4v) is 4.01. The highest BCUT2D eigenvalue weighted by Crippen LogP contribution is 2.39. The van der Waals surface area contributed by atoms with Crippen LogP contribution in [0.5, 0.6) is 11.5 Å². The molecule has 2 aliphatic rings. The number of hydrogen-bond donors (Lipinski definition) is 0. The molecule has 0 N–H and O–H groups in total. The molecule has 0 aromatic heterocycles. The number of hydrogen-bond acceptors (Lipinski definition) is 3. The van der Waals surface area contributed by atoms with Gasteiger partial charge in [0, 0.05) is 0 Å². The van der Waals surface area contributed by atoms with Crippen molar-refractivity contribution in [1.82, 2.24) is 0 Å². The molecule has 4 heteroatoms. The van der Waals surface area contributed by atoms with Crippen LogP contribution < -0.4 is 9.47 Å². The fraction of sp³-hybridized carbons (Fsp3) is 0.714. The van der Waals surface area contributed by atoms with Gasteiger partial charge in [0.1, 0.15) is 12.6 Å². The minimum Gasteiger partial charge on any atom is -0.483 e. The first-order valence-corrected chi connectivity index (χ1v) is 9.80. The van der Waals surface area contributed by atoms with Crippen LogP contribution in [0.4, 0.5) is 0 Å². The predicted molar refractivity (Wildman–Crippen MR) is 100 cm³/mol. The van der Waals surface area contributed by atoms with Gasteiger partial charge >= 0.3 is 0 Å². The van der Waals surface area contributed by atoms with Gasteiger partial charge in [-0.1, -0.05) is 12.1 Å². The van der Waals surface area contributed by atoms with Crippen molar-refractivity contribution < 1.29 is 18.7 Å². The van der Waals surface area contributed by atoms with E-state index < -0.39 is 0 Å². The van der Waals surface area contributed by atoms with Gasteiger partial charge in [-0.3, -0.25) is 0 Å². The summed E-state index contributed by atoms with van der Waals surface area (Å²) in [6.45, 7) is 11.0. The SMILES string of the molecule is CC(C)[N+](C)(CCOC1CCCC2Oc3ccccc3OC12)C(C)C. The molecule has 1 aliphatic heterocycles. The van der Waals surface area contributed by atoms with Crippen LogP contribution in [0, 0.1) is 0 Å². The molecular weight excluding hydrogens is 314 g/mol. The van der Waals surface area contributed by atoms with Gasteiger partial charge in [0.05, 0.1) is 31.8 Å². The molecule has 0 saturated heterocycles. The van der Waals surface area contributed by atoms with E-state index in [1.54, 1.807) is 0 Å². The van der Waals surface area contributed by atoms with Crippen molar-refractivity contribution >= 4 is 0 Å². The van der Waals surface area contributed by atoms with Crippen LogP contribution in [0.3, 0.4) is 0 Å². The summed E-state index contributed by atoms with van der Waals surface area (Å²) >= 11 is 0. The normalized spacial score (nSPS) is 26.0. The third kappa shape index (κ3) is 3.80. The highest BCUT2D eigenvalue weighted by Gasteiger charge is 2.41. The average molecular weight is 349 g/mol. The van der Waals surface area contributed by atoms with Gasteiger partial charge in [-0.25, -0.2) is 0 Å². The lowest BCUT2D eigenvalue weighted by atomic mass is 9.91. The van der Waals surface area contributed by atoms with Crippen LogP contribution >= 0.6 is 0 Å². The first kappa shape index (κ1) is 18.5. The second-order valence-corrected chi connectivity index (χ2v) is 8.28. The van der Waals surface area contributed by atoms with Crippen LogP contribution in [0.15, 0.2) is 24.3 Å². The van der Waals surface area contributed by atoms with E-state index in [0.29, 0.717) is 12.1 Å². The Morgan fingerprint density at radius 2 is 1.68 bits per heavy atom. The van der Waals surface area contributed by atoms with Crippen molar-refractivity contribution in [2.24, 2.45) is 0 Å². The number of benzene rings is 1. The lowest BCUT2D eigenvalue weighted by molar-refractivity contribution is -0.949. The number of nitrogens with zero attached hydrogens (tertiary/aromatic N) is 1. The standard InChI is InChI=1S/C21H34NO3/c1-15(2)22(5,16(3)4)13-14-23-19-11-8-12-20-21(19)25-18-10-7-6-9-17(18)24-20/h6-7,9-10,15-16,19-21H,8,11-14H2,1-5H3/q+1. The topological polar surface area (TPSA) is 27.7 Å². The highest BCUT2D eigenvalue weighted by molar-refractivity contribution is 5.41. The van der Waals surface area contributed by atoms with Crippen molar-refractivity contribution in [2.75, 3.05) is 20.2 Å². The number of ether oxygens (including phenoxy) is 3. The number of fused-ring (bicyclic) bond motifs is 2. The quantitative estimate of drug-likeness (QED) is 0.727. The number of rotatable bonds is 6. The minimum atomic E-state index is 0.0144. The maximum Gasteiger partial charge on any atom is 0.161 e. The second-order valence-electron chi connectivity index (χ2n) is 8.28. The molecule has 1 heterocycles. The second kappa shape index (κ2) is 7.55. The van der Waals surface area contributed by atoms with Crippen LogP contribution in [-0.4, -0.2) is 55.1 Å². The summed E-state index contributed by atoms with van der Waals surface area (Å²) in [5, 5.41) is 0. The minimum absolute atomic E-state index is 0.0144. The Morgan fingerprint density at radius 1 is 1.04 bits per heavy atom. The first-order valence-electron chi connectivity index (χ1n) is 9.80. The highest BCUT2D eigenvalue weighted by atomic mass is 16.6. The molecule has 3 atom stereocenters. The van der Waals surface area contributed by atoms with Crippen LogP contribution in [0.1, 0.15) is 47.0 Å². The Hall–Kier alpha value is -1.26. The average Bonchev–Trinajstić information content (AvgIpc) is 2.59. The number of quaternary nitrogens is 1. The summed E-state index contributed by atoms with van der Waals surface area (Å²) in [5.74, 6) is 1.72. The summed E-state index contributed by atoms with van der Waals surface area (Å²) in [7, 11) is 2.33. The zero-order valence-electron chi connectivity index (χ0n) is 16.4. The summed E-state index contributed by atoms with van der Waals surface area (Å²) in [5.41, 5.74) is 0. The fourth-order valence-electron chi connectivity index (χ4n) is 4.01. The van der Waals surface area contributed by atoms with Crippen molar-refractivity contribution in [3.05, 3.63) is 24.3 Å². The molecule has 1 saturated carbocycles. The molecule has 0 bridgehead atoms. The molecular formula is C21H34NO3+. The molecule has 1 aromatic rings. The van der Waals surface area contributed by atoms with Crippen LogP contribution in [-0.2, 0) is 4.74 Å². The molecule has 0 radical (unpaired) electrons. The maximum absolute atomic E-state index is 6.34. The van der Waals surface area contributed by atoms with E-state index in [1.807, 2.05) is 24.3 Å². The van der Waals surface area contributed by atoms with E-state index >= 15 is 0 Å². The number of para-hydroxylation sites is 2. The van der Waals surface area contributed by atoms with Crippen molar-refractivity contribution in [3.63, 3.8) is 0 Å². The van der Waals surface area contributed by atoms with Gasteiger partial charge in [-0.15, -0.1) is 0 Å². The first-order chi connectivity index (χ1) is 11.9. The lowest BCUT2D eigenvalue weighted by Crippen LogP contribution is -2.57. The van der Waals surface area contributed by atoms with E-state index in [4.69, 9.17) is 14.2 Å². The summed E-state index contributed by atoms with van der Waals surface area (Å²) < 4.78 is 19.8. The van der Waals surface area contributed by atoms with Gasteiger partial charge in [0.15, 0.2) is 17.6 Å². The van der Waals surface area contributed by atoms with Gasteiger partial charge in [-0.2, -0.15) is 0 Å². The summed E-state index contributed by atoms with van der Waals surface area (Å²) in [4.78, 5) is 0. The molecule has 0 amide bonds. The molecule has 1 fully saturated rings. The Balaban J connectivity index is 1.61. The molecule has 4 nitrogen and oxygen atoms in total. The molecule has 3 unspecified atom stereocenters. The van der Waals surface area contributed by atoms with Gasteiger partial charge in [-0.05, 0) is 59.1 Å². The lowest BCUT2D eigenvalue weighted by Gasteiger charge is -2.44. The molecule has 3 rings (SSSR count). The van der Waals surface area contributed by atoms with E-state index in [-0.39, 0.29) is 18.3 Å². The molecule has 25 heavy (non-hydrogen) atoms. The van der Waals surface area contributed by atoms with Gasteiger partial charge in [0.2, 0.25) is 0 Å². The van der Waals surface area contributed by atoms with E-state index in [9.17, 15) is 0 Å². The maximum atomic E-state index is 6.34. The van der Waals surface area contributed by atoms with Crippen molar-refractivity contribution in [1.29, 1.82) is 0 Å². The Bertz CT molecular complexity index is 564. The van der Waals surface area contributed by atoms with Gasteiger partial charge < -0.3 is 18.7 Å². The monoisotopic (exact) mass is 348 g/mol. The Morgan fingerprint density at radius 3 is 2.32 bits per heavy atom.